The summed E-state index contributed by atoms with van der Waals surface area (Å²) in [6, 6.07) is 17.7. The van der Waals surface area contributed by atoms with Gasteiger partial charge in [-0.1, -0.05) is 53.6 Å². The van der Waals surface area contributed by atoms with E-state index in [4.69, 9.17) is 16.6 Å². The molecular weight excluding hydrogens is 404 g/mol. The zero-order chi connectivity index (χ0) is 22.3. The van der Waals surface area contributed by atoms with Gasteiger partial charge in [-0.3, -0.25) is 4.79 Å². The molecule has 4 rings (SSSR count). The zero-order valence-electron chi connectivity index (χ0n) is 18.4. The van der Waals surface area contributed by atoms with E-state index in [-0.39, 0.29) is 5.91 Å². The third kappa shape index (κ3) is 3.94. The van der Waals surface area contributed by atoms with Crippen molar-refractivity contribution in [2.24, 2.45) is 0 Å². The molecule has 0 radical (unpaired) electrons. The number of hydrogen-bond donors (Lipinski definition) is 1. The van der Waals surface area contributed by atoms with E-state index in [2.05, 4.69) is 11.4 Å². The van der Waals surface area contributed by atoms with Crippen LogP contribution in [-0.2, 0) is 0 Å². The maximum Gasteiger partial charge on any atom is 0.256 e. The largest absolute Gasteiger partial charge is 0.321 e. The number of aryl methyl sites for hydroxylation is 4. The minimum atomic E-state index is -0.123. The zero-order valence-corrected chi connectivity index (χ0v) is 19.2. The van der Waals surface area contributed by atoms with Crippen LogP contribution in [0.15, 0.2) is 54.6 Å². The maximum atomic E-state index is 13.7. The molecule has 4 heteroatoms. The van der Waals surface area contributed by atoms with E-state index in [9.17, 15) is 4.79 Å². The van der Waals surface area contributed by atoms with Crippen molar-refractivity contribution in [3.8, 4) is 11.3 Å². The molecule has 3 nitrogen and oxygen atoms in total. The van der Waals surface area contributed by atoms with Gasteiger partial charge in [0.25, 0.3) is 5.91 Å². The van der Waals surface area contributed by atoms with Crippen LogP contribution in [0.25, 0.3) is 22.2 Å². The first kappa shape index (κ1) is 21.1. The highest BCUT2D eigenvalue weighted by Gasteiger charge is 2.21. The summed E-state index contributed by atoms with van der Waals surface area (Å²) < 4.78 is 0. The van der Waals surface area contributed by atoms with Crippen LogP contribution >= 0.6 is 11.6 Å². The lowest BCUT2D eigenvalue weighted by molar-refractivity contribution is 0.102. The third-order valence-corrected chi connectivity index (χ3v) is 5.98. The standard InChI is InChI=1S/C27H25ClN2O/c1-15-13-18(4)25-22(14-15)23(27(31)30-24-16(2)7-6-8-17(24)3)19(5)26(29-25)20-9-11-21(28)12-10-20/h6-14H,1-5H3,(H,30,31). The molecule has 0 spiro atoms. The third-order valence-electron chi connectivity index (χ3n) is 5.73. The summed E-state index contributed by atoms with van der Waals surface area (Å²) >= 11 is 6.09. The van der Waals surface area contributed by atoms with E-state index in [1.54, 1.807) is 0 Å². The van der Waals surface area contributed by atoms with Gasteiger partial charge < -0.3 is 5.32 Å². The Hall–Kier alpha value is -3.17. The molecule has 1 amide bonds. The van der Waals surface area contributed by atoms with Gasteiger partial charge in [0.15, 0.2) is 0 Å². The van der Waals surface area contributed by atoms with Gasteiger partial charge in [0.05, 0.1) is 16.8 Å². The average Bonchev–Trinajstić information content (AvgIpc) is 2.71. The Morgan fingerprint density at radius 3 is 2.16 bits per heavy atom. The number of fused-ring (bicyclic) bond motifs is 1. The topological polar surface area (TPSA) is 42.0 Å². The number of anilines is 1. The molecule has 1 N–H and O–H groups in total. The second-order valence-corrected chi connectivity index (χ2v) is 8.60. The van der Waals surface area contributed by atoms with Crippen LogP contribution in [-0.4, -0.2) is 10.9 Å². The minimum absolute atomic E-state index is 0.123. The van der Waals surface area contributed by atoms with Crippen molar-refractivity contribution in [2.75, 3.05) is 5.32 Å². The highest BCUT2D eigenvalue weighted by atomic mass is 35.5. The molecule has 31 heavy (non-hydrogen) atoms. The van der Waals surface area contributed by atoms with Gasteiger partial charge >= 0.3 is 0 Å². The summed E-state index contributed by atoms with van der Waals surface area (Å²) in [6.07, 6.45) is 0. The summed E-state index contributed by atoms with van der Waals surface area (Å²) in [5, 5.41) is 4.71. The van der Waals surface area contributed by atoms with E-state index < -0.39 is 0 Å². The molecule has 1 heterocycles. The average molecular weight is 429 g/mol. The Kier molecular flexibility index (Phi) is 5.55. The second kappa shape index (κ2) is 8.16. The highest BCUT2D eigenvalue weighted by Crippen LogP contribution is 2.33. The van der Waals surface area contributed by atoms with Gasteiger partial charge in [-0.15, -0.1) is 0 Å². The number of carbonyl (C=O) groups is 1. The number of amides is 1. The summed E-state index contributed by atoms with van der Waals surface area (Å²) in [7, 11) is 0. The number of halogens is 1. The van der Waals surface area contributed by atoms with Crippen LogP contribution in [0.3, 0.4) is 0 Å². The van der Waals surface area contributed by atoms with E-state index >= 15 is 0 Å². The monoisotopic (exact) mass is 428 g/mol. The fraction of sp³-hybridized carbons (Fsp3) is 0.185. The molecule has 1 aromatic heterocycles. The van der Waals surface area contributed by atoms with E-state index in [1.165, 1.54) is 0 Å². The number of pyridine rings is 1. The fourth-order valence-corrected chi connectivity index (χ4v) is 4.31. The first-order chi connectivity index (χ1) is 14.8. The van der Waals surface area contributed by atoms with Gasteiger partial charge in [-0.05, 0) is 75.1 Å². The molecule has 0 saturated heterocycles. The van der Waals surface area contributed by atoms with Crippen LogP contribution < -0.4 is 5.32 Å². The first-order valence-corrected chi connectivity index (χ1v) is 10.7. The van der Waals surface area contributed by atoms with Crippen molar-refractivity contribution in [1.82, 2.24) is 4.98 Å². The Morgan fingerprint density at radius 1 is 0.871 bits per heavy atom. The van der Waals surface area contributed by atoms with Crippen LogP contribution in [0.1, 0.15) is 38.2 Å². The van der Waals surface area contributed by atoms with Crippen molar-refractivity contribution < 1.29 is 4.79 Å². The van der Waals surface area contributed by atoms with Gasteiger partial charge in [-0.2, -0.15) is 0 Å². The Labute approximate surface area is 188 Å². The second-order valence-electron chi connectivity index (χ2n) is 8.17. The SMILES string of the molecule is Cc1cc(C)c2nc(-c3ccc(Cl)cc3)c(C)c(C(=O)Nc3c(C)cccc3C)c2c1. The molecule has 0 unspecified atom stereocenters. The molecule has 0 bridgehead atoms. The molecule has 3 aromatic carbocycles. The minimum Gasteiger partial charge on any atom is -0.321 e. The van der Waals surface area contributed by atoms with Gasteiger partial charge in [-0.25, -0.2) is 4.98 Å². The van der Waals surface area contributed by atoms with Crippen molar-refractivity contribution in [1.29, 1.82) is 0 Å². The van der Waals surface area contributed by atoms with E-state index in [1.807, 2.05) is 83.1 Å². The number of benzene rings is 3. The number of para-hydroxylation sites is 1. The van der Waals surface area contributed by atoms with Crippen molar-refractivity contribution in [2.45, 2.75) is 34.6 Å². The summed E-state index contributed by atoms with van der Waals surface area (Å²) in [6.45, 7) is 10.1. The quantitative estimate of drug-likeness (QED) is 0.370. The molecule has 0 fully saturated rings. The summed E-state index contributed by atoms with van der Waals surface area (Å²) in [4.78, 5) is 18.6. The molecule has 156 valence electrons. The van der Waals surface area contributed by atoms with Crippen LogP contribution in [0.5, 0.6) is 0 Å². The number of nitrogens with one attached hydrogen (secondary N) is 1. The molecule has 0 aliphatic carbocycles. The predicted octanol–water partition coefficient (Wildman–Crippen LogP) is 7.35. The summed E-state index contributed by atoms with van der Waals surface area (Å²) in [5.74, 6) is -0.123. The molecule has 0 aliphatic heterocycles. The van der Waals surface area contributed by atoms with Crippen molar-refractivity contribution in [3.63, 3.8) is 0 Å². The number of rotatable bonds is 3. The van der Waals surface area contributed by atoms with E-state index in [0.717, 1.165) is 55.7 Å². The molecule has 4 aromatic rings. The number of carbonyl (C=O) groups excluding carboxylic acids is 1. The number of hydrogen-bond acceptors (Lipinski definition) is 2. The lowest BCUT2D eigenvalue weighted by atomic mass is 9.94. The fourth-order valence-electron chi connectivity index (χ4n) is 4.18. The molecule has 0 aliphatic rings. The van der Waals surface area contributed by atoms with Crippen LogP contribution in [0.4, 0.5) is 5.69 Å². The van der Waals surface area contributed by atoms with Crippen molar-refractivity contribution >= 4 is 34.1 Å². The lowest BCUT2D eigenvalue weighted by Gasteiger charge is -2.18. The predicted molar refractivity (Wildman–Crippen MR) is 130 cm³/mol. The van der Waals surface area contributed by atoms with E-state index in [0.29, 0.717) is 10.6 Å². The normalized spacial score (nSPS) is 11.0. The van der Waals surface area contributed by atoms with Crippen molar-refractivity contribution in [3.05, 3.63) is 93.0 Å². The number of aromatic nitrogens is 1. The van der Waals surface area contributed by atoms with Crippen LogP contribution in [0, 0.1) is 34.6 Å². The molecule has 0 saturated carbocycles. The smallest absolute Gasteiger partial charge is 0.256 e. The molecule has 0 atom stereocenters. The maximum absolute atomic E-state index is 13.7. The number of nitrogens with zero attached hydrogens (tertiary/aromatic N) is 1. The first-order valence-electron chi connectivity index (χ1n) is 10.3. The summed E-state index contributed by atoms with van der Waals surface area (Å²) in [5.41, 5.74) is 9.16. The van der Waals surface area contributed by atoms with Gasteiger partial charge in [0.2, 0.25) is 0 Å². The molecular formula is C27H25ClN2O. The highest BCUT2D eigenvalue weighted by molar-refractivity contribution is 6.30. The van der Waals surface area contributed by atoms with Gasteiger partial charge in [0, 0.05) is 21.7 Å². The van der Waals surface area contributed by atoms with Gasteiger partial charge in [0.1, 0.15) is 0 Å². The van der Waals surface area contributed by atoms with Crippen LogP contribution in [0.2, 0.25) is 5.02 Å². The Morgan fingerprint density at radius 2 is 1.52 bits per heavy atom. The Balaban J connectivity index is 1.97. The lowest BCUT2D eigenvalue weighted by Crippen LogP contribution is -2.17. The Bertz CT molecular complexity index is 1300.